The van der Waals surface area contributed by atoms with Gasteiger partial charge >= 0.3 is 0 Å². The van der Waals surface area contributed by atoms with E-state index in [9.17, 15) is 0 Å². The molecule has 0 fully saturated rings. The van der Waals surface area contributed by atoms with Crippen LogP contribution in [0.15, 0.2) is 24.3 Å². The number of nitrogen functional groups attached to an aromatic ring is 1. The molecule has 0 atom stereocenters. The SMILES string of the molecule is CCCc1ccc(-n2c(N)nc3c(CC)nn(C)c32)cc1. The minimum absolute atomic E-state index is 0.510. The summed E-state index contributed by atoms with van der Waals surface area (Å²) in [5.41, 5.74) is 11.3. The molecule has 1 aromatic carbocycles. The Kier molecular flexibility index (Phi) is 3.41. The number of fused-ring (bicyclic) bond motifs is 1. The lowest BCUT2D eigenvalue weighted by Gasteiger charge is -2.08. The highest BCUT2D eigenvalue weighted by Gasteiger charge is 2.17. The molecule has 5 nitrogen and oxygen atoms in total. The third-order valence-electron chi connectivity index (χ3n) is 3.80. The van der Waals surface area contributed by atoms with Gasteiger partial charge in [0.1, 0.15) is 5.52 Å². The number of nitrogens with two attached hydrogens (primary N) is 1. The zero-order chi connectivity index (χ0) is 15.0. The number of hydrogen-bond acceptors (Lipinski definition) is 3. The largest absolute Gasteiger partial charge is 0.369 e. The van der Waals surface area contributed by atoms with Gasteiger partial charge in [-0.1, -0.05) is 32.4 Å². The van der Waals surface area contributed by atoms with E-state index >= 15 is 0 Å². The normalized spacial score (nSPS) is 11.4. The topological polar surface area (TPSA) is 61.7 Å². The summed E-state index contributed by atoms with van der Waals surface area (Å²) < 4.78 is 3.83. The Bertz CT molecular complexity index is 764. The van der Waals surface area contributed by atoms with E-state index in [4.69, 9.17) is 5.73 Å². The highest BCUT2D eigenvalue weighted by molar-refractivity contribution is 5.80. The van der Waals surface area contributed by atoms with E-state index in [1.54, 1.807) is 0 Å². The van der Waals surface area contributed by atoms with Crippen LogP contribution in [-0.2, 0) is 19.9 Å². The second-order valence-corrected chi connectivity index (χ2v) is 5.32. The number of imidazole rings is 1. The smallest absolute Gasteiger partial charge is 0.207 e. The molecular formula is C16H21N5. The molecule has 0 aliphatic carbocycles. The standard InChI is InChI=1S/C16H21N5/c1-4-6-11-7-9-12(10-8-11)21-15-14(18-16(21)17)13(5-2)19-20(15)3/h7-10H,4-6H2,1-3H3,(H2,17,18). The van der Waals surface area contributed by atoms with Crippen LogP contribution in [0.2, 0.25) is 0 Å². The zero-order valence-corrected chi connectivity index (χ0v) is 12.8. The van der Waals surface area contributed by atoms with Gasteiger partial charge in [-0.3, -0.25) is 4.57 Å². The molecule has 0 saturated heterocycles. The fraction of sp³-hybridized carbons (Fsp3) is 0.375. The molecule has 2 aromatic heterocycles. The summed E-state index contributed by atoms with van der Waals surface area (Å²) in [6.07, 6.45) is 3.10. The van der Waals surface area contributed by atoms with Crippen molar-refractivity contribution in [2.75, 3.05) is 5.73 Å². The Morgan fingerprint density at radius 2 is 1.86 bits per heavy atom. The first-order valence-corrected chi connectivity index (χ1v) is 7.44. The molecule has 5 heteroatoms. The van der Waals surface area contributed by atoms with E-state index in [-0.39, 0.29) is 0 Å². The number of anilines is 1. The van der Waals surface area contributed by atoms with Gasteiger partial charge in [-0.2, -0.15) is 5.10 Å². The summed E-state index contributed by atoms with van der Waals surface area (Å²) in [4.78, 5) is 4.50. The Hall–Kier alpha value is -2.30. The summed E-state index contributed by atoms with van der Waals surface area (Å²) in [6.45, 7) is 4.27. The molecule has 3 aromatic rings. The minimum Gasteiger partial charge on any atom is -0.369 e. The lowest BCUT2D eigenvalue weighted by atomic mass is 10.1. The summed E-state index contributed by atoms with van der Waals surface area (Å²) in [5.74, 6) is 0.510. The predicted molar refractivity (Wildman–Crippen MR) is 85.6 cm³/mol. The lowest BCUT2D eigenvalue weighted by molar-refractivity contribution is 0.751. The van der Waals surface area contributed by atoms with Gasteiger partial charge in [0.05, 0.1) is 11.4 Å². The lowest BCUT2D eigenvalue weighted by Crippen LogP contribution is -2.05. The molecule has 0 saturated carbocycles. The van der Waals surface area contributed by atoms with Crippen LogP contribution >= 0.6 is 0 Å². The molecular weight excluding hydrogens is 262 g/mol. The Morgan fingerprint density at radius 1 is 1.14 bits per heavy atom. The van der Waals surface area contributed by atoms with Crippen molar-refractivity contribution in [1.82, 2.24) is 19.3 Å². The average molecular weight is 283 g/mol. The highest BCUT2D eigenvalue weighted by atomic mass is 15.3. The second kappa shape index (κ2) is 5.24. The van der Waals surface area contributed by atoms with Crippen molar-refractivity contribution >= 4 is 17.1 Å². The third-order valence-corrected chi connectivity index (χ3v) is 3.80. The van der Waals surface area contributed by atoms with Crippen LogP contribution in [0.3, 0.4) is 0 Å². The third kappa shape index (κ3) is 2.18. The van der Waals surface area contributed by atoms with Crippen molar-refractivity contribution < 1.29 is 0 Å². The molecule has 0 spiro atoms. The van der Waals surface area contributed by atoms with Crippen LogP contribution < -0.4 is 5.73 Å². The van der Waals surface area contributed by atoms with E-state index in [0.29, 0.717) is 5.95 Å². The fourth-order valence-electron chi connectivity index (χ4n) is 2.79. The fourth-order valence-corrected chi connectivity index (χ4v) is 2.79. The molecule has 0 unspecified atom stereocenters. The van der Waals surface area contributed by atoms with Crippen LogP contribution in [0.4, 0.5) is 5.95 Å². The van der Waals surface area contributed by atoms with Crippen molar-refractivity contribution in [3.8, 4) is 5.69 Å². The number of aromatic nitrogens is 4. The average Bonchev–Trinajstić information content (AvgIpc) is 2.97. The van der Waals surface area contributed by atoms with Crippen molar-refractivity contribution in [2.45, 2.75) is 33.1 Å². The van der Waals surface area contributed by atoms with E-state index in [1.165, 1.54) is 5.56 Å². The number of nitrogens with zero attached hydrogens (tertiary/aromatic N) is 4. The number of benzene rings is 1. The van der Waals surface area contributed by atoms with Crippen molar-refractivity contribution in [3.63, 3.8) is 0 Å². The molecule has 3 rings (SSSR count). The number of rotatable bonds is 4. The molecule has 21 heavy (non-hydrogen) atoms. The van der Waals surface area contributed by atoms with Gasteiger partial charge in [-0.15, -0.1) is 0 Å². The van der Waals surface area contributed by atoms with E-state index in [2.05, 4.69) is 48.2 Å². The first-order chi connectivity index (χ1) is 10.2. The number of hydrogen-bond donors (Lipinski definition) is 1. The van der Waals surface area contributed by atoms with Gasteiger partial charge in [0, 0.05) is 7.05 Å². The molecule has 0 amide bonds. The summed E-state index contributed by atoms with van der Waals surface area (Å²) in [6, 6.07) is 8.50. The minimum atomic E-state index is 0.510. The summed E-state index contributed by atoms with van der Waals surface area (Å²) >= 11 is 0. The molecule has 2 N–H and O–H groups in total. The van der Waals surface area contributed by atoms with E-state index in [1.807, 2.05) is 16.3 Å². The first kappa shape index (κ1) is 13.7. The first-order valence-electron chi connectivity index (χ1n) is 7.44. The van der Waals surface area contributed by atoms with Crippen molar-refractivity contribution in [3.05, 3.63) is 35.5 Å². The van der Waals surface area contributed by atoms with Crippen LogP contribution in [-0.4, -0.2) is 19.3 Å². The van der Waals surface area contributed by atoms with Crippen molar-refractivity contribution in [1.29, 1.82) is 0 Å². The summed E-state index contributed by atoms with van der Waals surface area (Å²) in [5, 5.41) is 4.52. The van der Waals surface area contributed by atoms with Crippen LogP contribution in [0.5, 0.6) is 0 Å². The van der Waals surface area contributed by atoms with E-state index < -0.39 is 0 Å². The van der Waals surface area contributed by atoms with Gasteiger partial charge in [0.25, 0.3) is 0 Å². The maximum Gasteiger partial charge on any atom is 0.207 e. The molecule has 110 valence electrons. The maximum absolute atomic E-state index is 6.13. The van der Waals surface area contributed by atoms with Gasteiger partial charge in [-0.25, -0.2) is 9.67 Å². The highest BCUT2D eigenvalue weighted by Crippen LogP contribution is 2.25. The van der Waals surface area contributed by atoms with Gasteiger partial charge in [0.15, 0.2) is 5.65 Å². The van der Waals surface area contributed by atoms with Gasteiger partial charge in [0.2, 0.25) is 5.95 Å². The predicted octanol–water partition coefficient (Wildman–Crippen LogP) is 2.86. The van der Waals surface area contributed by atoms with Gasteiger partial charge < -0.3 is 5.73 Å². The monoisotopic (exact) mass is 283 g/mol. The second-order valence-electron chi connectivity index (χ2n) is 5.32. The van der Waals surface area contributed by atoms with Crippen molar-refractivity contribution in [2.24, 2.45) is 7.05 Å². The quantitative estimate of drug-likeness (QED) is 0.801. The summed E-state index contributed by atoms with van der Waals surface area (Å²) in [7, 11) is 1.94. The Balaban J connectivity index is 2.15. The Morgan fingerprint density at radius 3 is 2.48 bits per heavy atom. The molecule has 0 aliphatic rings. The van der Waals surface area contributed by atoms with E-state index in [0.717, 1.165) is 41.8 Å². The molecule has 0 aliphatic heterocycles. The zero-order valence-electron chi connectivity index (χ0n) is 12.8. The van der Waals surface area contributed by atoms with Crippen LogP contribution in [0, 0.1) is 0 Å². The number of aryl methyl sites for hydroxylation is 3. The maximum atomic E-state index is 6.13. The Labute approximate surface area is 124 Å². The molecule has 0 bridgehead atoms. The molecule has 0 radical (unpaired) electrons. The van der Waals surface area contributed by atoms with Crippen LogP contribution in [0.25, 0.3) is 16.9 Å². The van der Waals surface area contributed by atoms with Crippen LogP contribution in [0.1, 0.15) is 31.5 Å². The molecule has 2 heterocycles. The van der Waals surface area contributed by atoms with Gasteiger partial charge in [-0.05, 0) is 30.5 Å².